The molecule has 1 atom stereocenters. The van der Waals surface area contributed by atoms with E-state index in [0.29, 0.717) is 0 Å². The summed E-state index contributed by atoms with van der Waals surface area (Å²) in [6.07, 6.45) is 2.10. The molecule has 64 valence electrons. The van der Waals surface area contributed by atoms with Gasteiger partial charge in [0.15, 0.2) is 0 Å². The predicted molar refractivity (Wildman–Crippen MR) is 53.6 cm³/mol. The molecule has 1 N–H and O–H groups in total. The molecule has 1 aromatic carbocycles. The maximum atomic E-state index is 3.36. The molecule has 0 bridgehead atoms. The third-order valence-electron chi connectivity index (χ3n) is 2.43. The second-order valence-electron chi connectivity index (χ2n) is 3.41. The van der Waals surface area contributed by atoms with Gasteiger partial charge >= 0.3 is 0 Å². The molecule has 1 fully saturated rings. The minimum absolute atomic E-state index is 0.275. The normalized spacial score (nSPS) is 27.2. The van der Waals surface area contributed by atoms with Crippen molar-refractivity contribution in [3.8, 4) is 0 Å². The fraction of sp³-hybridized carbons (Fsp3) is 0.400. The van der Waals surface area contributed by atoms with E-state index >= 15 is 0 Å². The summed E-state index contributed by atoms with van der Waals surface area (Å²) >= 11 is 1.79. The first-order chi connectivity index (χ1) is 5.74. The van der Waals surface area contributed by atoms with Crippen LogP contribution < -0.4 is 5.32 Å². The first kappa shape index (κ1) is 8.14. The lowest BCUT2D eigenvalue weighted by atomic mass is 10.0. The first-order valence-corrected chi connectivity index (χ1v) is 5.37. The van der Waals surface area contributed by atoms with E-state index in [0.717, 1.165) is 6.54 Å². The van der Waals surface area contributed by atoms with Crippen LogP contribution in [-0.2, 0) is 5.54 Å². The Morgan fingerprint density at radius 2 is 1.92 bits per heavy atom. The predicted octanol–water partition coefficient (Wildman–Crippen LogP) is 2.23. The summed E-state index contributed by atoms with van der Waals surface area (Å²) in [6, 6.07) is 8.80. The Morgan fingerprint density at radius 1 is 1.33 bits per heavy atom. The zero-order valence-electron chi connectivity index (χ0n) is 7.42. The maximum absolute atomic E-state index is 3.36. The second-order valence-corrected chi connectivity index (χ2v) is 4.29. The minimum Gasteiger partial charge on any atom is -0.304 e. The quantitative estimate of drug-likeness (QED) is 0.555. The van der Waals surface area contributed by atoms with Crippen molar-refractivity contribution < 1.29 is 0 Å². The van der Waals surface area contributed by atoms with Gasteiger partial charge in [0.05, 0.1) is 5.54 Å². The summed E-state index contributed by atoms with van der Waals surface area (Å²) in [5.74, 6) is 0. The molecule has 0 radical (unpaired) electrons. The van der Waals surface area contributed by atoms with E-state index in [1.165, 1.54) is 10.5 Å². The van der Waals surface area contributed by atoms with Gasteiger partial charge in [0.2, 0.25) is 0 Å². The lowest BCUT2D eigenvalue weighted by Crippen LogP contribution is -2.05. The molecule has 0 aromatic heterocycles. The average molecular weight is 179 g/mol. The zero-order chi connectivity index (χ0) is 8.60. The summed E-state index contributed by atoms with van der Waals surface area (Å²) < 4.78 is 0. The van der Waals surface area contributed by atoms with Crippen molar-refractivity contribution in [1.82, 2.24) is 5.32 Å². The molecule has 12 heavy (non-hydrogen) atoms. The molecule has 0 saturated carbocycles. The summed E-state index contributed by atoms with van der Waals surface area (Å²) in [4.78, 5) is 1.34. The van der Waals surface area contributed by atoms with Gasteiger partial charge in [-0.25, -0.2) is 0 Å². The van der Waals surface area contributed by atoms with Crippen LogP contribution in [0.4, 0.5) is 0 Å². The Kier molecular flexibility index (Phi) is 1.89. The average Bonchev–Trinajstić information content (AvgIpc) is 2.85. The SMILES string of the molecule is CSc1ccc(C2(C)CN2)cc1. The first-order valence-electron chi connectivity index (χ1n) is 4.14. The van der Waals surface area contributed by atoms with Crippen LogP contribution in [0, 0.1) is 0 Å². The lowest BCUT2D eigenvalue weighted by molar-refractivity contribution is 0.763. The fourth-order valence-corrected chi connectivity index (χ4v) is 1.70. The Labute approximate surface area is 77.6 Å². The Balaban J connectivity index is 2.25. The standard InChI is InChI=1S/C10H13NS/c1-10(7-11-10)8-3-5-9(12-2)6-4-8/h3-6,11H,7H2,1-2H3. The number of nitrogens with one attached hydrogen (secondary N) is 1. The summed E-state index contributed by atoms with van der Waals surface area (Å²) in [7, 11) is 0. The molecule has 1 aromatic rings. The number of hydrogen-bond acceptors (Lipinski definition) is 2. The van der Waals surface area contributed by atoms with Crippen molar-refractivity contribution in [2.24, 2.45) is 0 Å². The van der Waals surface area contributed by atoms with Crippen LogP contribution in [0.1, 0.15) is 12.5 Å². The Bertz CT molecular complexity index is 274. The van der Waals surface area contributed by atoms with Crippen LogP contribution in [-0.4, -0.2) is 12.8 Å². The second kappa shape index (κ2) is 2.79. The van der Waals surface area contributed by atoms with E-state index in [1.807, 2.05) is 0 Å². The van der Waals surface area contributed by atoms with Crippen molar-refractivity contribution in [2.75, 3.05) is 12.8 Å². The van der Waals surface area contributed by atoms with E-state index in [2.05, 4.69) is 42.8 Å². The molecule has 0 spiro atoms. The van der Waals surface area contributed by atoms with Crippen molar-refractivity contribution in [1.29, 1.82) is 0 Å². The van der Waals surface area contributed by atoms with Gasteiger partial charge in [-0.2, -0.15) is 0 Å². The summed E-state index contributed by atoms with van der Waals surface area (Å²) in [6.45, 7) is 3.35. The molecule has 1 nitrogen and oxygen atoms in total. The molecule has 1 aliphatic heterocycles. The van der Waals surface area contributed by atoms with Crippen molar-refractivity contribution in [2.45, 2.75) is 17.4 Å². The molecule has 1 heterocycles. The van der Waals surface area contributed by atoms with Crippen molar-refractivity contribution >= 4 is 11.8 Å². The fourth-order valence-electron chi connectivity index (χ4n) is 1.30. The molecule has 1 aliphatic rings. The zero-order valence-corrected chi connectivity index (χ0v) is 8.24. The Morgan fingerprint density at radius 3 is 2.33 bits per heavy atom. The third-order valence-corrected chi connectivity index (χ3v) is 3.18. The molecule has 1 saturated heterocycles. The molecule has 2 rings (SSSR count). The molecule has 1 unspecified atom stereocenters. The monoisotopic (exact) mass is 179 g/mol. The van der Waals surface area contributed by atoms with Gasteiger partial charge < -0.3 is 5.32 Å². The van der Waals surface area contributed by atoms with Gasteiger partial charge in [-0.3, -0.25) is 0 Å². The smallest absolute Gasteiger partial charge is 0.0533 e. The van der Waals surface area contributed by atoms with Crippen LogP contribution in [0.5, 0.6) is 0 Å². The van der Waals surface area contributed by atoms with Gasteiger partial charge in [-0.15, -0.1) is 11.8 Å². The highest BCUT2D eigenvalue weighted by Crippen LogP contribution is 2.30. The topological polar surface area (TPSA) is 21.9 Å². The molecule has 2 heteroatoms. The van der Waals surface area contributed by atoms with Crippen LogP contribution in [0.15, 0.2) is 29.2 Å². The lowest BCUT2D eigenvalue weighted by Gasteiger charge is -2.06. The van der Waals surface area contributed by atoms with Crippen molar-refractivity contribution in [3.05, 3.63) is 29.8 Å². The number of thioether (sulfide) groups is 1. The van der Waals surface area contributed by atoms with E-state index < -0.39 is 0 Å². The van der Waals surface area contributed by atoms with Crippen LogP contribution in [0.2, 0.25) is 0 Å². The third kappa shape index (κ3) is 1.37. The summed E-state index contributed by atoms with van der Waals surface area (Å²) in [5.41, 5.74) is 1.68. The van der Waals surface area contributed by atoms with E-state index in [9.17, 15) is 0 Å². The van der Waals surface area contributed by atoms with E-state index in [4.69, 9.17) is 0 Å². The largest absolute Gasteiger partial charge is 0.304 e. The summed E-state index contributed by atoms with van der Waals surface area (Å²) in [5, 5.41) is 3.36. The molecular weight excluding hydrogens is 166 g/mol. The molecular formula is C10H13NS. The van der Waals surface area contributed by atoms with Gasteiger partial charge in [0.1, 0.15) is 0 Å². The van der Waals surface area contributed by atoms with Gasteiger partial charge in [-0.05, 0) is 30.9 Å². The van der Waals surface area contributed by atoms with E-state index in [-0.39, 0.29) is 5.54 Å². The minimum atomic E-state index is 0.275. The van der Waals surface area contributed by atoms with Gasteiger partial charge in [0, 0.05) is 11.4 Å². The Hall–Kier alpha value is -0.470. The van der Waals surface area contributed by atoms with E-state index in [1.54, 1.807) is 11.8 Å². The van der Waals surface area contributed by atoms with Gasteiger partial charge in [0.25, 0.3) is 0 Å². The highest BCUT2D eigenvalue weighted by Gasteiger charge is 2.37. The number of benzene rings is 1. The highest BCUT2D eigenvalue weighted by atomic mass is 32.2. The molecule has 0 amide bonds. The highest BCUT2D eigenvalue weighted by molar-refractivity contribution is 7.98. The van der Waals surface area contributed by atoms with Crippen LogP contribution in [0.25, 0.3) is 0 Å². The molecule has 0 aliphatic carbocycles. The van der Waals surface area contributed by atoms with Crippen LogP contribution >= 0.6 is 11.8 Å². The number of hydrogen-bond donors (Lipinski definition) is 1. The van der Waals surface area contributed by atoms with Gasteiger partial charge in [-0.1, -0.05) is 12.1 Å². The van der Waals surface area contributed by atoms with Crippen molar-refractivity contribution in [3.63, 3.8) is 0 Å². The number of rotatable bonds is 2. The van der Waals surface area contributed by atoms with Crippen LogP contribution in [0.3, 0.4) is 0 Å². The maximum Gasteiger partial charge on any atom is 0.0533 e.